The zero-order valence-corrected chi connectivity index (χ0v) is 7.65. The van der Waals surface area contributed by atoms with Crippen LogP contribution in [0.4, 0.5) is 4.79 Å². The molecule has 0 saturated carbocycles. The summed E-state index contributed by atoms with van der Waals surface area (Å²) in [6, 6.07) is 0. The summed E-state index contributed by atoms with van der Waals surface area (Å²) in [5.41, 5.74) is 0. The Morgan fingerprint density at radius 3 is 2.83 bits per heavy atom. The van der Waals surface area contributed by atoms with Crippen molar-refractivity contribution in [3.8, 4) is 0 Å². The molecular weight excluding hydrogens is 178 g/mol. The van der Waals surface area contributed by atoms with Gasteiger partial charge in [0.15, 0.2) is 0 Å². The summed E-state index contributed by atoms with van der Waals surface area (Å²) in [6.45, 7) is 5.69. The van der Waals surface area contributed by atoms with E-state index in [1.807, 2.05) is 0 Å². The number of rotatable bonds is 3. The lowest BCUT2D eigenvalue weighted by atomic mass is 10.7. The van der Waals surface area contributed by atoms with Crippen LogP contribution in [0.2, 0.25) is 0 Å². The van der Waals surface area contributed by atoms with Gasteiger partial charge in [-0.2, -0.15) is 0 Å². The molecule has 0 aliphatic heterocycles. The fraction of sp³-hybridized carbons (Fsp3) is 0.429. The molecule has 68 valence electrons. The third kappa shape index (κ3) is 5.67. The first kappa shape index (κ1) is 10.9. The van der Waals surface area contributed by atoms with Crippen LogP contribution in [0.5, 0.6) is 0 Å². The van der Waals surface area contributed by atoms with Crippen molar-refractivity contribution < 1.29 is 14.3 Å². The van der Waals surface area contributed by atoms with Crippen molar-refractivity contribution in [2.24, 2.45) is 0 Å². The maximum atomic E-state index is 10.7. The number of ether oxygens (including phenoxy) is 2. The van der Waals surface area contributed by atoms with Crippen molar-refractivity contribution in [3.05, 3.63) is 12.7 Å². The maximum absolute atomic E-state index is 10.7. The zero-order valence-electron chi connectivity index (χ0n) is 6.83. The molecule has 0 heterocycles. The second-order valence-corrected chi connectivity index (χ2v) is 2.10. The van der Waals surface area contributed by atoms with Crippen LogP contribution in [0.15, 0.2) is 12.7 Å². The fourth-order valence-corrected chi connectivity index (χ4v) is 0.573. The Balaban J connectivity index is 3.54. The Bertz CT molecular complexity index is 181. The van der Waals surface area contributed by atoms with Gasteiger partial charge in [0.05, 0.1) is 6.61 Å². The summed E-state index contributed by atoms with van der Waals surface area (Å²) >= 11 is 4.63. The lowest BCUT2D eigenvalue weighted by Crippen LogP contribution is -2.31. The minimum absolute atomic E-state index is 0.00616. The largest absolute Gasteiger partial charge is 0.466 e. The Hall–Kier alpha value is -1.10. The summed E-state index contributed by atoms with van der Waals surface area (Å²) in [5, 5.41) is 2.21. The topological polar surface area (TPSA) is 47.6 Å². The summed E-state index contributed by atoms with van der Waals surface area (Å²) in [6.07, 6.45) is 0.922. The van der Waals surface area contributed by atoms with Gasteiger partial charge in [-0.25, -0.2) is 4.79 Å². The summed E-state index contributed by atoms with van der Waals surface area (Å²) in [5.74, 6) is 0. The van der Waals surface area contributed by atoms with E-state index in [1.54, 1.807) is 6.92 Å². The van der Waals surface area contributed by atoms with Crippen molar-refractivity contribution in [1.82, 2.24) is 5.32 Å². The lowest BCUT2D eigenvalue weighted by molar-refractivity contribution is 0.155. The number of amides is 1. The summed E-state index contributed by atoms with van der Waals surface area (Å²) in [4.78, 5) is 10.7. The highest BCUT2D eigenvalue weighted by Gasteiger charge is 2.03. The van der Waals surface area contributed by atoms with Crippen LogP contribution in [0, 0.1) is 0 Å². The number of alkyl carbamates (subject to hydrolysis) is 1. The van der Waals surface area contributed by atoms with Gasteiger partial charge < -0.3 is 9.47 Å². The average molecular weight is 189 g/mol. The minimum atomic E-state index is -0.605. The first-order valence-corrected chi connectivity index (χ1v) is 3.83. The molecule has 0 aliphatic rings. The summed E-state index contributed by atoms with van der Waals surface area (Å²) < 4.78 is 9.36. The SMILES string of the molecule is C=CCOC(=S)NC(=O)OCC. The molecule has 0 radical (unpaired) electrons. The zero-order chi connectivity index (χ0) is 9.40. The first-order valence-electron chi connectivity index (χ1n) is 3.42. The summed E-state index contributed by atoms with van der Waals surface area (Å²) in [7, 11) is 0. The molecule has 0 bridgehead atoms. The van der Waals surface area contributed by atoms with Crippen LogP contribution in [-0.4, -0.2) is 24.5 Å². The van der Waals surface area contributed by atoms with Gasteiger partial charge in [-0.15, -0.1) is 0 Å². The van der Waals surface area contributed by atoms with Gasteiger partial charge in [0, 0.05) is 0 Å². The van der Waals surface area contributed by atoms with Crippen LogP contribution in [0.3, 0.4) is 0 Å². The normalized spacial score (nSPS) is 8.42. The number of nitrogens with one attached hydrogen (secondary N) is 1. The molecule has 0 spiro atoms. The molecule has 1 amide bonds. The second-order valence-electron chi connectivity index (χ2n) is 1.73. The Morgan fingerprint density at radius 2 is 2.33 bits per heavy atom. The van der Waals surface area contributed by atoms with Gasteiger partial charge in [0.1, 0.15) is 6.61 Å². The van der Waals surface area contributed by atoms with Gasteiger partial charge in [0.2, 0.25) is 0 Å². The maximum Gasteiger partial charge on any atom is 0.414 e. The number of hydrogen-bond acceptors (Lipinski definition) is 4. The van der Waals surface area contributed by atoms with Gasteiger partial charge >= 0.3 is 6.09 Å². The van der Waals surface area contributed by atoms with Crippen molar-refractivity contribution in [2.75, 3.05) is 13.2 Å². The number of thiocarbonyl (C=S) groups is 1. The quantitative estimate of drug-likeness (QED) is 0.535. The monoisotopic (exact) mass is 189 g/mol. The van der Waals surface area contributed by atoms with Crippen molar-refractivity contribution in [3.63, 3.8) is 0 Å². The van der Waals surface area contributed by atoms with Gasteiger partial charge in [-0.3, -0.25) is 5.32 Å². The first-order chi connectivity index (χ1) is 5.70. The Labute approximate surface area is 76.5 Å². The molecule has 0 aromatic carbocycles. The molecular formula is C7H11NO3S. The van der Waals surface area contributed by atoms with E-state index < -0.39 is 6.09 Å². The number of carbonyl (C=O) groups is 1. The van der Waals surface area contributed by atoms with Gasteiger partial charge in [-0.05, 0) is 19.1 Å². The van der Waals surface area contributed by atoms with E-state index in [2.05, 4.69) is 28.9 Å². The van der Waals surface area contributed by atoms with E-state index >= 15 is 0 Å². The van der Waals surface area contributed by atoms with Gasteiger partial charge in [-0.1, -0.05) is 12.7 Å². The minimum Gasteiger partial charge on any atom is -0.466 e. The third-order valence-electron chi connectivity index (χ3n) is 0.812. The van der Waals surface area contributed by atoms with Crippen molar-refractivity contribution in [1.29, 1.82) is 0 Å². The van der Waals surface area contributed by atoms with Gasteiger partial charge in [0.25, 0.3) is 5.17 Å². The highest BCUT2D eigenvalue weighted by molar-refractivity contribution is 7.80. The molecule has 1 N–H and O–H groups in total. The Kier molecular flexibility index (Phi) is 6.00. The number of carbonyl (C=O) groups excluding carboxylic acids is 1. The molecule has 0 aromatic heterocycles. The molecule has 0 saturated heterocycles. The highest BCUT2D eigenvalue weighted by Crippen LogP contribution is 1.82. The van der Waals surface area contributed by atoms with Crippen molar-refractivity contribution in [2.45, 2.75) is 6.92 Å². The van der Waals surface area contributed by atoms with E-state index in [4.69, 9.17) is 4.74 Å². The molecule has 0 fully saturated rings. The van der Waals surface area contributed by atoms with Crippen LogP contribution < -0.4 is 5.32 Å². The standard InChI is InChI=1S/C7H11NO3S/c1-3-5-11-7(12)8-6(9)10-4-2/h3H,1,4-5H2,2H3,(H,8,9,12). The number of hydrogen-bond donors (Lipinski definition) is 1. The molecule has 0 unspecified atom stereocenters. The lowest BCUT2D eigenvalue weighted by Gasteiger charge is -2.05. The molecule has 0 aliphatic carbocycles. The Morgan fingerprint density at radius 1 is 1.67 bits per heavy atom. The average Bonchev–Trinajstić information content (AvgIpc) is 2.01. The molecule has 0 rings (SSSR count). The fourth-order valence-electron chi connectivity index (χ4n) is 0.421. The van der Waals surface area contributed by atoms with Crippen molar-refractivity contribution >= 4 is 23.5 Å². The smallest absolute Gasteiger partial charge is 0.414 e. The van der Waals surface area contributed by atoms with E-state index in [9.17, 15) is 4.79 Å². The predicted octanol–water partition coefficient (Wildman–Crippen LogP) is 1.22. The third-order valence-corrected chi connectivity index (χ3v) is 1.03. The predicted molar refractivity (Wildman–Crippen MR) is 48.9 cm³/mol. The highest BCUT2D eigenvalue weighted by atomic mass is 32.1. The van der Waals surface area contributed by atoms with E-state index in [0.29, 0.717) is 6.61 Å². The van der Waals surface area contributed by atoms with Crippen LogP contribution in [0.1, 0.15) is 6.92 Å². The van der Waals surface area contributed by atoms with Crippen LogP contribution in [-0.2, 0) is 9.47 Å². The van der Waals surface area contributed by atoms with E-state index in [1.165, 1.54) is 6.08 Å². The molecule has 0 aromatic rings. The second kappa shape index (κ2) is 6.60. The molecule has 5 heteroatoms. The van der Waals surface area contributed by atoms with Crippen LogP contribution in [0.25, 0.3) is 0 Å². The molecule has 4 nitrogen and oxygen atoms in total. The molecule has 12 heavy (non-hydrogen) atoms. The van der Waals surface area contributed by atoms with E-state index in [-0.39, 0.29) is 11.8 Å². The van der Waals surface area contributed by atoms with Crippen LogP contribution >= 0.6 is 12.2 Å². The molecule has 0 atom stereocenters. The van der Waals surface area contributed by atoms with E-state index in [0.717, 1.165) is 0 Å².